The molecule has 1 rings (SSSR count). The lowest BCUT2D eigenvalue weighted by molar-refractivity contribution is -0.139. The van der Waals surface area contributed by atoms with Crippen molar-refractivity contribution in [1.82, 2.24) is 5.32 Å². The molecule has 0 saturated heterocycles. The van der Waals surface area contributed by atoms with Gasteiger partial charge in [0, 0.05) is 5.75 Å². The molecule has 94 valence electrons. The van der Waals surface area contributed by atoms with Gasteiger partial charge >= 0.3 is 5.97 Å². The molecule has 1 aromatic carbocycles. The molecule has 0 aliphatic rings. The van der Waals surface area contributed by atoms with Gasteiger partial charge in [0.25, 0.3) is 0 Å². The fourth-order valence-corrected chi connectivity index (χ4v) is 2.64. The molecule has 3 nitrogen and oxygen atoms in total. The predicted octanol–water partition coefficient (Wildman–Crippen LogP) is 2.29. The number of benzene rings is 1. The van der Waals surface area contributed by atoms with Gasteiger partial charge in [-0.05, 0) is 37.3 Å². The fourth-order valence-electron chi connectivity index (χ4n) is 1.55. The molecular formula is C13H19NO2S. The quantitative estimate of drug-likeness (QED) is 0.732. The predicted molar refractivity (Wildman–Crippen MR) is 72.4 cm³/mol. The molecule has 0 heterocycles. The van der Waals surface area contributed by atoms with Crippen LogP contribution in [-0.2, 0) is 10.5 Å². The van der Waals surface area contributed by atoms with Crippen molar-refractivity contribution in [3.8, 4) is 0 Å². The van der Waals surface area contributed by atoms with Crippen LogP contribution in [0.2, 0.25) is 0 Å². The zero-order valence-electron chi connectivity index (χ0n) is 10.3. The van der Waals surface area contributed by atoms with Crippen LogP contribution in [0.5, 0.6) is 0 Å². The summed E-state index contributed by atoms with van der Waals surface area (Å²) in [5.41, 5.74) is 2.62. The molecule has 4 heteroatoms. The summed E-state index contributed by atoms with van der Waals surface area (Å²) in [4.78, 5) is 10.8. The smallest absolute Gasteiger partial charge is 0.320 e. The minimum Gasteiger partial charge on any atom is -0.480 e. The summed E-state index contributed by atoms with van der Waals surface area (Å²) in [5.74, 6) is 1.03. The average Bonchev–Trinajstić information content (AvgIpc) is 2.31. The van der Waals surface area contributed by atoms with E-state index in [-0.39, 0.29) is 0 Å². The van der Waals surface area contributed by atoms with Gasteiger partial charge in [0.2, 0.25) is 0 Å². The second-order valence-corrected chi connectivity index (χ2v) is 5.05. The number of carbonyl (C=O) groups is 1. The minimum absolute atomic E-state index is 0.431. The fraction of sp³-hybridized carbons (Fsp3) is 0.462. The second-order valence-electron chi connectivity index (χ2n) is 3.95. The van der Waals surface area contributed by atoms with Crippen LogP contribution in [0, 0.1) is 6.92 Å². The molecule has 0 bridgehead atoms. The molecule has 2 N–H and O–H groups in total. The molecule has 1 unspecified atom stereocenters. The first-order valence-electron chi connectivity index (χ1n) is 5.67. The molecule has 0 aliphatic carbocycles. The van der Waals surface area contributed by atoms with Gasteiger partial charge in [0.1, 0.15) is 6.04 Å². The first-order chi connectivity index (χ1) is 8.15. The summed E-state index contributed by atoms with van der Waals surface area (Å²) in [5, 5.41) is 11.7. The Morgan fingerprint density at radius 2 is 2.18 bits per heavy atom. The molecule has 0 spiro atoms. The van der Waals surface area contributed by atoms with Crippen LogP contribution in [-0.4, -0.2) is 29.9 Å². The lowest BCUT2D eigenvalue weighted by Crippen LogP contribution is -2.34. The van der Waals surface area contributed by atoms with Crippen molar-refractivity contribution < 1.29 is 9.90 Å². The summed E-state index contributed by atoms with van der Waals surface area (Å²) < 4.78 is 0. The number of rotatable bonds is 7. The SMILES string of the molecule is CNC(CCSCc1ccccc1C)C(=O)O. The van der Waals surface area contributed by atoms with Crippen LogP contribution in [0.1, 0.15) is 17.5 Å². The van der Waals surface area contributed by atoms with Crippen molar-refractivity contribution in [3.05, 3.63) is 35.4 Å². The summed E-state index contributed by atoms with van der Waals surface area (Å²) in [6, 6.07) is 7.86. The van der Waals surface area contributed by atoms with Crippen LogP contribution < -0.4 is 5.32 Å². The number of hydrogen-bond acceptors (Lipinski definition) is 3. The molecule has 0 saturated carbocycles. The van der Waals surface area contributed by atoms with Crippen LogP contribution in [0.4, 0.5) is 0 Å². The Hall–Kier alpha value is -1.00. The van der Waals surface area contributed by atoms with E-state index in [0.717, 1.165) is 11.5 Å². The minimum atomic E-state index is -0.774. The molecule has 0 amide bonds. The number of thioether (sulfide) groups is 1. The highest BCUT2D eigenvalue weighted by Gasteiger charge is 2.13. The van der Waals surface area contributed by atoms with E-state index in [2.05, 4.69) is 24.4 Å². The molecule has 0 fully saturated rings. The maximum Gasteiger partial charge on any atom is 0.320 e. The Kier molecular flexibility index (Phi) is 6.08. The first-order valence-corrected chi connectivity index (χ1v) is 6.83. The average molecular weight is 253 g/mol. The van der Waals surface area contributed by atoms with E-state index in [9.17, 15) is 4.79 Å². The first kappa shape index (κ1) is 14.1. The lowest BCUT2D eigenvalue weighted by atomic mass is 10.1. The Bertz CT molecular complexity index is 368. The van der Waals surface area contributed by atoms with Crippen LogP contribution in [0.25, 0.3) is 0 Å². The van der Waals surface area contributed by atoms with Gasteiger partial charge in [0.05, 0.1) is 0 Å². The summed E-state index contributed by atoms with van der Waals surface area (Å²) in [6.07, 6.45) is 0.655. The van der Waals surface area contributed by atoms with Crippen LogP contribution in [0.3, 0.4) is 0 Å². The van der Waals surface area contributed by atoms with E-state index in [0.29, 0.717) is 6.42 Å². The Morgan fingerprint density at radius 1 is 1.47 bits per heavy atom. The van der Waals surface area contributed by atoms with Crippen molar-refractivity contribution >= 4 is 17.7 Å². The molecule has 0 radical (unpaired) electrons. The number of nitrogens with one attached hydrogen (secondary N) is 1. The van der Waals surface area contributed by atoms with Crippen molar-refractivity contribution in [2.24, 2.45) is 0 Å². The highest BCUT2D eigenvalue weighted by molar-refractivity contribution is 7.98. The van der Waals surface area contributed by atoms with E-state index >= 15 is 0 Å². The normalized spacial score (nSPS) is 12.4. The molecular weight excluding hydrogens is 234 g/mol. The van der Waals surface area contributed by atoms with Gasteiger partial charge in [-0.3, -0.25) is 4.79 Å². The summed E-state index contributed by atoms with van der Waals surface area (Å²) in [6.45, 7) is 2.10. The Balaban J connectivity index is 2.29. The van der Waals surface area contributed by atoms with E-state index in [1.165, 1.54) is 11.1 Å². The van der Waals surface area contributed by atoms with E-state index in [4.69, 9.17) is 5.11 Å². The largest absolute Gasteiger partial charge is 0.480 e. The topological polar surface area (TPSA) is 49.3 Å². The molecule has 17 heavy (non-hydrogen) atoms. The zero-order chi connectivity index (χ0) is 12.7. The van der Waals surface area contributed by atoms with Crippen molar-refractivity contribution in [2.75, 3.05) is 12.8 Å². The molecule has 1 atom stereocenters. The third kappa shape index (κ3) is 4.79. The van der Waals surface area contributed by atoms with Crippen LogP contribution >= 0.6 is 11.8 Å². The van der Waals surface area contributed by atoms with Gasteiger partial charge in [-0.1, -0.05) is 24.3 Å². The van der Waals surface area contributed by atoms with Crippen LogP contribution in [0.15, 0.2) is 24.3 Å². The maximum atomic E-state index is 10.8. The highest BCUT2D eigenvalue weighted by Crippen LogP contribution is 2.16. The summed E-state index contributed by atoms with van der Waals surface area (Å²) in [7, 11) is 1.69. The second kappa shape index (κ2) is 7.35. The molecule has 0 aromatic heterocycles. The highest BCUT2D eigenvalue weighted by atomic mass is 32.2. The van der Waals surface area contributed by atoms with E-state index in [1.54, 1.807) is 18.8 Å². The van der Waals surface area contributed by atoms with Gasteiger partial charge in [0.15, 0.2) is 0 Å². The van der Waals surface area contributed by atoms with Crippen molar-refractivity contribution in [3.63, 3.8) is 0 Å². The molecule has 0 aliphatic heterocycles. The van der Waals surface area contributed by atoms with E-state index in [1.807, 2.05) is 12.1 Å². The number of aryl methyl sites for hydroxylation is 1. The third-order valence-corrected chi connectivity index (χ3v) is 3.76. The monoisotopic (exact) mass is 253 g/mol. The number of likely N-dealkylation sites (N-methyl/N-ethyl adjacent to an activating group) is 1. The van der Waals surface area contributed by atoms with E-state index < -0.39 is 12.0 Å². The Morgan fingerprint density at radius 3 is 2.76 bits per heavy atom. The Labute approximate surface area is 107 Å². The molecule has 1 aromatic rings. The van der Waals surface area contributed by atoms with Crippen molar-refractivity contribution in [1.29, 1.82) is 0 Å². The standard InChI is InChI=1S/C13H19NO2S/c1-10-5-3-4-6-11(10)9-17-8-7-12(14-2)13(15)16/h3-6,12,14H,7-9H2,1-2H3,(H,15,16). The number of hydrogen-bond donors (Lipinski definition) is 2. The maximum absolute atomic E-state index is 10.8. The zero-order valence-corrected chi connectivity index (χ0v) is 11.1. The van der Waals surface area contributed by atoms with Gasteiger partial charge in [-0.15, -0.1) is 0 Å². The van der Waals surface area contributed by atoms with Gasteiger partial charge < -0.3 is 10.4 Å². The number of aliphatic carboxylic acids is 1. The van der Waals surface area contributed by atoms with Gasteiger partial charge in [-0.25, -0.2) is 0 Å². The summed E-state index contributed by atoms with van der Waals surface area (Å²) >= 11 is 1.78. The number of carboxylic acids is 1. The third-order valence-electron chi connectivity index (χ3n) is 2.72. The lowest BCUT2D eigenvalue weighted by Gasteiger charge is -2.10. The van der Waals surface area contributed by atoms with Crippen molar-refractivity contribution in [2.45, 2.75) is 25.1 Å². The van der Waals surface area contributed by atoms with Gasteiger partial charge in [-0.2, -0.15) is 11.8 Å². The number of carboxylic acid groups (broad SMARTS) is 1.